The van der Waals surface area contributed by atoms with Gasteiger partial charge in [0.1, 0.15) is 0 Å². The lowest BCUT2D eigenvalue weighted by molar-refractivity contribution is 0.212. The predicted octanol–water partition coefficient (Wildman–Crippen LogP) is 1.88. The number of carbonyl (C=O) groups excluding carboxylic acids is 1. The molecule has 0 fully saturated rings. The van der Waals surface area contributed by atoms with Gasteiger partial charge in [0.15, 0.2) is 0 Å². The number of nitrogens with one attached hydrogen (secondary N) is 2. The van der Waals surface area contributed by atoms with E-state index >= 15 is 0 Å². The molecular formula is C12H26N2O2. The molecule has 2 atom stereocenters. The lowest BCUT2D eigenvalue weighted by Gasteiger charge is -2.29. The summed E-state index contributed by atoms with van der Waals surface area (Å²) >= 11 is 0. The third-order valence-electron chi connectivity index (χ3n) is 2.95. The zero-order chi connectivity index (χ0) is 12.8. The minimum absolute atomic E-state index is 0.0516. The SMILES string of the molecule is CCC(CCO)NC(=O)NC(C)C(C)(C)C. The molecule has 0 aliphatic heterocycles. The van der Waals surface area contributed by atoms with Crippen molar-refractivity contribution >= 4 is 6.03 Å². The summed E-state index contributed by atoms with van der Waals surface area (Å²) in [6.07, 6.45) is 1.44. The van der Waals surface area contributed by atoms with Crippen LogP contribution in [0.4, 0.5) is 4.79 Å². The van der Waals surface area contributed by atoms with Crippen molar-refractivity contribution in [2.45, 2.75) is 59.5 Å². The maximum atomic E-state index is 11.6. The van der Waals surface area contributed by atoms with Gasteiger partial charge in [-0.3, -0.25) is 0 Å². The second kappa shape index (κ2) is 6.74. The van der Waals surface area contributed by atoms with Crippen molar-refractivity contribution in [1.29, 1.82) is 0 Å². The molecule has 4 heteroatoms. The van der Waals surface area contributed by atoms with Crippen LogP contribution in [0, 0.1) is 5.41 Å². The Labute approximate surface area is 98.8 Å². The van der Waals surface area contributed by atoms with E-state index in [1.165, 1.54) is 0 Å². The molecule has 0 saturated heterocycles. The minimum Gasteiger partial charge on any atom is -0.396 e. The Morgan fingerprint density at radius 2 is 1.88 bits per heavy atom. The Bertz CT molecular complexity index is 212. The molecule has 2 unspecified atom stereocenters. The molecule has 0 rings (SSSR count). The van der Waals surface area contributed by atoms with E-state index in [0.29, 0.717) is 6.42 Å². The molecule has 0 saturated carbocycles. The van der Waals surface area contributed by atoms with Gasteiger partial charge in [0.05, 0.1) is 0 Å². The first-order valence-electron chi connectivity index (χ1n) is 5.99. The molecule has 2 amide bonds. The molecule has 0 aromatic heterocycles. The molecular weight excluding hydrogens is 204 g/mol. The average Bonchev–Trinajstić information content (AvgIpc) is 2.15. The molecule has 0 aromatic carbocycles. The fourth-order valence-electron chi connectivity index (χ4n) is 1.17. The van der Waals surface area contributed by atoms with Gasteiger partial charge in [0.25, 0.3) is 0 Å². The third kappa shape index (κ3) is 5.95. The van der Waals surface area contributed by atoms with Crippen molar-refractivity contribution in [2.24, 2.45) is 5.41 Å². The Balaban J connectivity index is 4.07. The highest BCUT2D eigenvalue weighted by molar-refractivity contribution is 5.74. The first kappa shape index (κ1) is 15.2. The highest BCUT2D eigenvalue weighted by atomic mass is 16.3. The van der Waals surface area contributed by atoms with E-state index < -0.39 is 0 Å². The van der Waals surface area contributed by atoms with Crippen molar-refractivity contribution < 1.29 is 9.90 Å². The summed E-state index contributed by atoms with van der Waals surface area (Å²) in [6, 6.07) is 0.0130. The minimum atomic E-state index is -0.150. The quantitative estimate of drug-likeness (QED) is 0.675. The van der Waals surface area contributed by atoms with Crippen molar-refractivity contribution in [3.05, 3.63) is 0 Å². The number of hydrogen-bond donors (Lipinski definition) is 3. The van der Waals surface area contributed by atoms with Crippen LogP contribution >= 0.6 is 0 Å². The summed E-state index contributed by atoms with van der Waals surface area (Å²) in [5.74, 6) is 0. The van der Waals surface area contributed by atoms with Crippen LogP contribution in [-0.4, -0.2) is 29.8 Å². The fourth-order valence-corrected chi connectivity index (χ4v) is 1.17. The largest absolute Gasteiger partial charge is 0.396 e. The van der Waals surface area contributed by atoms with Gasteiger partial charge in [-0.25, -0.2) is 4.79 Å². The zero-order valence-corrected chi connectivity index (χ0v) is 11.1. The highest BCUT2D eigenvalue weighted by Gasteiger charge is 2.22. The average molecular weight is 230 g/mol. The molecule has 96 valence electrons. The normalized spacial score (nSPS) is 15.4. The Morgan fingerprint density at radius 3 is 2.25 bits per heavy atom. The van der Waals surface area contributed by atoms with Crippen LogP contribution in [0.2, 0.25) is 0 Å². The van der Waals surface area contributed by atoms with E-state index in [9.17, 15) is 4.79 Å². The Hall–Kier alpha value is -0.770. The first-order chi connectivity index (χ1) is 7.31. The van der Waals surface area contributed by atoms with Crippen LogP contribution in [0.5, 0.6) is 0 Å². The van der Waals surface area contributed by atoms with Crippen LogP contribution in [0.1, 0.15) is 47.5 Å². The summed E-state index contributed by atoms with van der Waals surface area (Å²) < 4.78 is 0. The van der Waals surface area contributed by atoms with Gasteiger partial charge in [-0.15, -0.1) is 0 Å². The summed E-state index contributed by atoms with van der Waals surface area (Å²) in [6.45, 7) is 10.4. The zero-order valence-electron chi connectivity index (χ0n) is 11.1. The molecule has 0 heterocycles. The Kier molecular flexibility index (Phi) is 6.41. The van der Waals surface area contributed by atoms with Crippen molar-refractivity contribution in [1.82, 2.24) is 10.6 Å². The molecule has 4 nitrogen and oxygen atoms in total. The van der Waals surface area contributed by atoms with Crippen LogP contribution in [0.15, 0.2) is 0 Å². The van der Waals surface area contributed by atoms with Gasteiger partial charge in [-0.2, -0.15) is 0 Å². The molecule has 0 bridgehead atoms. The van der Waals surface area contributed by atoms with Crippen LogP contribution < -0.4 is 10.6 Å². The number of urea groups is 1. The number of aliphatic hydroxyl groups is 1. The first-order valence-corrected chi connectivity index (χ1v) is 5.99. The number of rotatable bonds is 5. The van der Waals surface area contributed by atoms with Gasteiger partial charge in [-0.05, 0) is 25.2 Å². The number of hydrogen-bond acceptors (Lipinski definition) is 2. The summed E-state index contributed by atoms with van der Waals surface area (Å²) in [4.78, 5) is 11.6. The van der Waals surface area contributed by atoms with Crippen molar-refractivity contribution in [2.75, 3.05) is 6.61 Å². The predicted molar refractivity (Wildman–Crippen MR) is 66.4 cm³/mol. The Morgan fingerprint density at radius 1 is 1.31 bits per heavy atom. The molecule has 0 aliphatic rings. The van der Waals surface area contributed by atoms with Crippen LogP contribution in [-0.2, 0) is 0 Å². The van der Waals surface area contributed by atoms with Gasteiger partial charge in [0, 0.05) is 18.7 Å². The molecule has 0 radical (unpaired) electrons. The van der Waals surface area contributed by atoms with Crippen LogP contribution in [0.25, 0.3) is 0 Å². The lowest BCUT2D eigenvalue weighted by Crippen LogP contribution is -2.49. The summed E-state index contributed by atoms with van der Waals surface area (Å²) in [5, 5.41) is 14.6. The van der Waals surface area contributed by atoms with Crippen molar-refractivity contribution in [3.8, 4) is 0 Å². The van der Waals surface area contributed by atoms with Crippen LogP contribution in [0.3, 0.4) is 0 Å². The highest BCUT2D eigenvalue weighted by Crippen LogP contribution is 2.18. The molecule has 3 N–H and O–H groups in total. The van der Waals surface area contributed by atoms with Gasteiger partial charge in [0.2, 0.25) is 0 Å². The fraction of sp³-hybridized carbons (Fsp3) is 0.917. The van der Waals surface area contributed by atoms with Gasteiger partial charge >= 0.3 is 6.03 Å². The molecule has 0 aromatic rings. The van der Waals surface area contributed by atoms with Crippen molar-refractivity contribution in [3.63, 3.8) is 0 Å². The lowest BCUT2D eigenvalue weighted by atomic mass is 9.88. The van der Waals surface area contributed by atoms with E-state index in [1.54, 1.807) is 0 Å². The van der Waals surface area contributed by atoms with E-state index in [2.05, 4.69) is 31.4 Å². The summed E-state index contributed by atoms with van der Waals surface area (Å²) in [7, 11) is 0. The van der Waals surface area contributed by atoms with E-state index in [-0.39, 0.29) is 30.1 Å². The molecule has 0 spiro atoms. The van der Waals surface area contributed by atoms with E-state index in [1.807, 2.05) is 13.8 Å². The van der Waals surface area contributed by atoms with Gasteiger partial charge < -0.3 is 15.7 Å². The number of carbonyl (C=O) groups is 1. The van der Waals surface area contributed by atoms with Gasteiger partial charge in [-0.1, -0.05) is 27.7 Å². The molecule has 16 heavy (non-hydrogen) atoms. The maximum absolute atomic E-state index is 11.6. The topological polar surface area (TPSA) is 61.4 Å². The number of aliphatic hydroxyl groups excluding tert-OH is 1. The maximum Gasteiger partial charge on any atom is 0.315 e. The van der Waals surface area contributed by atoms with E-state index in [4.69, 9.17) is 5.11 Å². The summed E-state index contributed by atoms with van der Waals surface area (Å²) in [5.41, 5.74) is 0.0516. The second-order valence-electron chi connectivity index (χ2n) is 5.32. The standard InChI is InChI=1S/C12H26N2O2/c1-6-10(7-8-15)14-11(16)13-9(2)12(3,4)5/h9-10,15H,6-8H2,1-5H3,(H2,13,14,16). The molecule has 0 aliphatic carbocycles. The monoisotopic (exact) mass is 230 g/mol. The number of amides is 2. The smallest absolute Gasteiger partial charge is 0.315 e. The second-order valence-corrected chi connectivity index (χ2v) is 5.32. The third-order valence-corrected chi connectivity index (χ3v) is 2.95. The van der Waals surface area contributed by atoms with E-state index in [0.717, 1.165) is 6.42 Å².